The molecule has 4 nitrogen and oxygen atoms in total. The Kier molecular flexibility index (Phi) is 14.0. The first-order chi connectivity index (χ1) is 15.3. The van der Waals surface area contributed by atoms with Crippen molar-refractivity contribution in [1.29, 1.82) is 0 Å². The molecule has 4 heteroatoms. The van der Waals surface area contributed by atoms with Gasteiger partial charge in [0, 0.05) is 0 Å². The maximum atomic E-state index is 12.2. The highest BCUT2D eigenvalue weighted by Gasteiger charge is 2.25. The summed E-state index contributed by atoms with van der Waals surface area (Å²) in [6.45, 7) is 8.83. The minimum Gasteiger partial charge on any atom is -0.478 e. The molecule has 0 saturated heterocycles. The van der Waals surface area contributed by atoms with Crippen LogP contribution in [0.4, 0.5) is 0 Å². The van der Waals surface area contributed by atoms with Crippen LogP contribution in [0.2, 0.25) is 0 Å². The molecule has 0 aromatic heterocycles. The lowest BCUT2D eigenvalue weighted by atomic mass is 9.81. The number of aryl methyl sites for hydroxylation is 1. The van der Waals surface area contributed by atoms with Crippen molar-refractivity contribution in [1.82, 2.24) is 0 Å². The molecule has 0 amide bonds. The highest BCUT2D eigenvalue weighted by molar-refractivity contribution is 6.03. The maximum Gasteiger partial charge on any atom is 0.336 e. The zero-order valence-electron chi connectivity index (χ0n) is 20.9. The average molecular weight is 447 g/mol. The molecule has 2 N–H and O–H groups in total. The van der Waals surface area contributed by atoms with E-state index in [0.717, 1.165) is 56.1 Å². The summed E-state index contributed by atoms with van der Waals surface area (Å²) in [4.78, 5) is 23.9. The largest absolute Gasteiger partial charge is 0.478 e. The minimum atomic E-state index is -1.16. The summed E-state index contributed by atoms with van der Waals surface area (Å²) in [5.41, 5.74) is 1.73. The van der Waals surface area contributed by atoms with Crippen molar-refractivity contribution in [3.63, 3.8) is 0 Å². The Hall–Kier alpha value is -1.84. The van der Waals surface area contributed by atoms with E-state index < -0.39 is 11.9 Å². The molecule has 0 radical (unpaired) electrons. The van der Waals surface area contributed by atoms with E-state index in [2.05, 4.69) is 27.7 Å². The maximum absolute atomic E-state index is 12.2. The molecule has 2 atom stereocenters. The van der Waals surface area contributed by atoms with Gasteiger partial charge in [-0.1, -0.05) is 98.0 Å². The molecular formula is C28H46O4. The van der Waals surface area contributed by atoms with E-state index in [4.69, 9.17) is 0 Å². The highest BCUT2D eigenvalue weighted by atomic mass is 16.4. The molecule has 32 heavy (non-hydrogen) atoms. The van der Waals surface area contributed by atoms with Crippen LogP contribution in [0.3, 0.4) is 0 Å². The number of carboxylic acids is 2. The topological polar surface area (TPSA) is 74.6 Å². The zero-order valence-corrected chi connectivity index (χ0v) is 20.9. The van der Waals surface area contributed by atoms with Gasteiger partial charge in [0.15, 0.2) is 0 Å². The van der Waals surface area contributed by atoms with E-state index in [1.807, 2.05) is 6.07 Å². The summed E-state index contributed by atoms with van der Waals surface area (Å²) >= 11 is 0. The lowest BCUT2D eigenvalue weighted by molar-refractivity contribution is 0.0650. The molecular weight excluding hydrogens is 400 g/mol. The quantitative estimate of drug-likeness (QED) is 0.223. The Bertz CT molecular complexity index is 695. The van der Waals surface area contributed by atoms with E-state index in [1.54, 1.807) is 0 Å². The van der Waals surface area contributed by atoms with Gasteiger partial charge in [0.05, 0.1) is 11.1 Å². The Morgan fingerprint density at radius 1 is 0.844 bits per heavy atom. The van der Waals surface area contributed by atoms with Crippen LogP contribution in [0, 0.1) is 11.8 Å². The summed E-state index contributed by atoms with van der Waals surface area (Å²) in [7, 11) is 0. The predicted molar refractivity (Wildman–Crippen MR) is 133 cm³/mol. The summed E-state index contributed by atoms with van der Waals surface area (Å²) in [5, 5.41) is 19.6. The molecule has 1 aromatic rings. The van der Waals surface area contributed by atoms with E-state index in [9.17, 15) is 19.8 Å². The molecule has 0 aliphatic carbocycles. The molecule has 0 aliphatic rings. The summed E-state index contributed by atoms with van der Waals surface area (Å²) < 4.78 is 0. The second-order valence-corrected chi connectivity index (χ2v) is 9.57. The Morgan fingerprint density at radius 3 is 2.00 bits per heavy atom. The van der Waals surface area contributed by atoms with Gasteiger partial charge in [-0.2, -0.15) is 0 Å². The van der Waals surface area contributed by atoms with Crippen molar-refractivity contribution in [2.24, 2.45) is 11.8 Å². The van der Waals surface area contributed by atoms with Gasteiger partial charge in [0.2, 0.25) is 0 Å². The number of carboxylic acid groups (broad SMARTS) is 2. The fourth-order valence-electron chi connectivity index (χ4n) is 4.77. The van der Waals surface area contributed by atoms with Crippen LogP contribution in [-0.2, 0) is 12.8 Å². The summed E-state index contributed by atoms with van der Waals surface area (Å²) in [5.74, 6) is -1.31. The zero-order chi connectivity index (χ0) is 23.9. The molecule has 0 saturated carbocycles. The molecule has 0 aliphatic heterocycles. The average Bonchev–Trinajstić information content (AvgIpc) is 2.75. The van der Waals surface area contributed by atoms with Crippen LogP contribution < -0.4 is 0 Å². The number of aromatic carboxylic acids is 2. The standard InChI is InChI=1S/C28H46O4/c1-5-8-9-10-11-12-13-14-16-23-17-18-24(27(29)30)26(28(31)32)25(23)20-22(15-6-2)19-21(4)7-3/h17-18,21-22H,5-16,19-20H2,1-4H3,(H,29,30)(H,31,32). The van der Waals surface area contributed by atoms with Gasteiger partial charge in [0.1, 0.15) is 0 Å². The third kappa shape index (κ3) is 9.75. The molecule has 0 spiro atoms. The van der Waals surface area contributed by atoms with Crippen molar-refractivity contribution in [2.45, 2.75) is 118 Å². The van der Waals surface area contributed by atoms with Crippen LogP contribution in [0.25, 0.3) is 0 Å². The van der Waals surface area contributed by atoms with E-state index in [0.29, 0.717) is 18.3 Å². The van der Waals surface area contributed by atoms with Gasteiger partial charge in [0.25, 0.3) is 0 Å². The highest BCUT2D eigenvalue weighted by Crippen LogP contribution is 2.30. The lowest BCUT2D eigenvalue weighted by Crippen LogP contribution is -2.18. The van der Waals surface area contributed by atoms with Crippen LogP contribution in [-0.4, -0.2) is 22.2 Å². The first kappa shape index (κ1) is 28.2. The first-order valence-corrected chi connectivity index (χ1v) is 13.0. The predicted octanol–water partition coefficient (Wildman–Crippen LogP) is 8.16. The molecule has 0 heterocycles. The van der Waals surface area contributed by atoms with Crippen molar-refractivity contribution in [3.05, 3.63) is 34.4 Å². The molecule has 1 rings (SSSR count). The van der Waals surface area contributed by atoms with Gasteiger partial charge >= 0.3 is 11.9 Å². The third-order valence-electron chi connectivity index (χ3n) is 6.78. The van der Waals surface area contributed by atoms with Gasteiger partial charge in [-0.3, -0.25) is 0 Å². The van der Waals surface area contributed by atoms with Gasteiger partial charge in [-0.05, 0) is 54.7 Å². The van der Waals surface area contributed by atoms with Crippen molar-refractivity contribution >= 4 is 11.9 Å². The van der Waals surface area contributed by atoms with Gasteiger partial charge in [-0.25, -0.2) is 9.59 Å². The molecule has 182 valence electrons. The number of rotatable bonds is 18. The van der Waals surface area contributed by atoms with Crippen LogP contribution in [0.1, 0.15) is 137 Å². The number of unbranched alkanes of at least 4 members (excludes halogenated alkanes) is 7. The van der Waals surface area contributed by atoms with E-state index in [1.165, 1.54) is 44.6 Å². The van der Waals surface area contributed by atoms with Crippen LogP contribution >= 0.6 is 0 Å². The monoisotopic (exact) mass is 446 g/mol. The lowest BCUT2D eigenvalue weighted by Gasteiger charge is -2.23. The van der Waals surface area contributed by atoms with Gasteiger partial charge in [-0.15, -0.1) is 0 Å². The summed E-state index contributed by atoms with van der Waals surface area (Å²) in [6, 6.07) is 3.37. The fraction of sp³-hybridized carbons (Fsp3) is 0.714. The molecule has 1 aromatic carbocycles. The van der Waals surface area contributed by atoms with Crippen LogP contribution in [0.15, 0.2) is 12.1 Å². The Balaban J connectivity index is 3.04. The van der Waals surface area contributed by atoms with E-state index >= 15 is 0 Å². The SMILES string of the molecule is CCCCCCCCCCc1ccc(C(=O)O)c(C(=O)O)c1CC(CCC)CC(C)CC. The first-order valence-electron chi connectivity index (χ1n) is 13.0. The number of benzene rings is 1. The summed E-state index contributed by atoms with van der Waals surface area (Å²) in [6.07, 6.45) is 15.6. The molecule has 2 unspecified atom stereocenters. The van der Waals surface area contributed by atoms with Gasteiger partial charge < -0.3 is 10.2 Å². The number of carbonyl (C=O) groups is 2. The Morgan fingerprint density at radius 2 is 1.47 bits per heavy atom. The third-order valence-corrected chi connectivity index (χ3v) is 6.78. The van der Waals surface area contributed by atoms with Crippen molar-refractivity contribution in [2.75, 3.05) is 0 Å². The van der Waals surface area contributed by atoms with Crippen molar-refractivity contribution in [3.8, 4) is 0 Å². The Labute approximate surface area is 195 Å². The smallest absolute Gasteiger partial charge is 0.336 e. The molecule has 0 bridgehead atoms. The molecule has 0 fully saturated rings. The minimum absolute atomic E-state index is 0.0137. The van der Waals surface area contributed by atoms with Crippen LogP contribution in [0.5, 0.6) is 0 Å². The number of hydrogen-bond donors (Lipinski definition) is 2. The second-order valence-electron chi connectivity index (χ2n) is 9.57. The second kappa shape index (κ2) is 15.9. The van der Waals surface area contributed by atoms with Crippen molar-refractivity contribution < 1.29 is 19.8 Å². The fourth-order valence-corrected chi connectivity index (χ4v) is 4.77. The number of hydrogen-bond acceptors (Lipinski definition) is 2. The van der Waals surface area contributed by atoms with E-state index in [-0.39, 0.29) is 11.1 Å². The normalized spacial score (nSPS) is 13.1.